The van der Waals surface area contributed by atoms with Crippen LogP contribution in [0.4, 0.5) is 0 Å². The first-order valence-electron chi connectivity index (χ1n) is 11.1. The van der Waals surface area contributed by atoms with Crippen molar-refractivity contribution in [2.24, 2.45) is 0 Å². The molecule has 182 valence electrons. The highest BCUT2D eigenvalue weighted by atomic mass is 35.5. The van der Waals surface area contributed by atoms with Gasteiger partial charge in [0.1, 0.15) is 5.75 Å². The van der Waals surface area contributed by atoms with Crippen molar-refractivity contribution in [3.63, 3.8) is 0 Å². The molecule has 3 aromatic rings. The molecular weight excluding hydrogens is 489 g/mol. The summed E-state index contributed by atoms with van der Waals surface area (Å²) in [6, 6.07) is 22.3. The molecule has 2 heterocycles. The Bertz CT molecular complexity index is 1000. The lowest BCUT2D eigenvalue weighted by atomic mass is 10.1. The quantitative estimate of drug-likeness (QED) is 0.363. The summed E-state index contributed by atoms with van der Waals surface area (Å²) in [7, 11) is 0. The highest BCUT2D eigenvalue weighted by Gasteiger charge is 2.43. The first-order valence-corrected chi connectivity index (χ1v) is 12.1. The third-order valence-electron chi connectivity index (χ3n) is 5.51. The number of amides is 1. The number of halogens is 2. The van der Waals surface area contributed by atoms with E-state index >= 15 is 0 Å². The second kappa shape index (κ2) is 14.2. The van der Waals surface area contributed by atoms with Crippen LogP contribution in [0.3, 0.4) is 0 Å². The fourth-order valence-corrected chi connectivity index (χ4v) is 5.04. The van der Waals surface area contributed by atoms with Crippen molar-refractivity contribution in [1.82, 2.24) is 15.6 Å². The summed E-state index contributed by atoms with van der Waals surface area (Å²) in [5.74, 6) is 1.68. The Morgan fingerprint density at radius 2 is 1.85 bits per heavy atom. The van der Waals surface area contributed by atoms with Gasteiger partial charge in [0.15, 0.2) is 4.87 Å². The van der Waals surface area contributed by atoms with E-state index in [1.54, 1.807) is 24.2 Å². The molecule has 1 saturated heterocycles. The summed E-state index contributed by atoms with van der Waals surface area (Å²) < 4.78 is 5.94. The minimum atomic E-state index is -0.777. The smallest absolute Gasteiger partial charge is 0.255 e. The molecule has 0 bridgehead atoms. The number of carbonyl (C=O) groups is 1. The summed E-state index contributed by atoms with van der Waals surface area (Å²) >= 11 is 1.62. The molecule has 1 aliphatic rings. The number of rotatable bonds is 10. The number of thioether (sulfide) groups is 1. The Labute approximate surface area is 218 Å². The summed E-state index contributed by atoms with van der Waals surface area (Å²) in [5.41, 5.74) is 3.27. The topological polar surface area (TPSA) is 63.2 Å². The van der Waals surface area contributed by atoms with Gasteiger partial charge in [-0.3, -0.25) is 15.1 Å². The minimum absolute atomic E-state index is 0. The SMILES string of the molecule is Cl.Cl.O=C(NCc1cccc(OCCCCc2ccccc2)c1)C1(c2cccnc2)NCCS1. The zero-order valence-corrected chi connectivity index (χ0v) is 21.4. The van der Waals surface area contributed by atoms with E-state index in [1.807, 2.05) is 42.5 Å². The molecule has 0 spiro atoms. The average molecular weight is 521 g/mol. The molecule has 0 radical (unpaired) electrons. The monoisotopic (exact) mass is 519 g/mol. The van der Waals surface area contributed by atoms with Crippen LogP contribution in [0.15, 0.2) is 79.1 Å². The second-order valence-electron chi connectivity index (χ2n) is 7.82. The standard InChI is InChI=1S/C26H29N3O2S.2ClH/c30-25(26(29-15-17-32-26)23-12-7-14-27-20-23)28-19-22-11-6-13-24(18-22)31-16-5-4-10-21-8-2-1-3-9-21;;/h1-3,6-9,11-14,18,20,29H,4-5,10,15-17,19H2,(H,28,30);2*1H. The van der Waals surface area contributed by atoms with Gasteiger partial charge in [0.2, 0.25) is 0 Å². The van der Waals surface area contributed by atoms with Crippen LogP contribution in [-0.2, 0) is 22.6 Å². The molecule has 0 aliphatic carbocycles. The first kappa shape index (κ1) is 28.0. The zero-order valence-electron chi connectivity index (χ0n) is 18.9. The van der Waals surface area contributed by atoms with Gasteiger partial charge in [-0.1, -0.05) is 48.5 Å². The molecule has 0 saturated carbocycles. The van der Waals surface area contributed by atoms with Gasteiger partial charge in [0.05, 0.1) is 6.61 Å². The number of nitrogens with zero attached hydrogens (tertiary/aromatic N) is 1. The summed E-state index contributed by atoms with van der Waals surface area (Å²) in [6.07, 6.45) is 6.66. The van der Waals surface area contributed by atoms with E-state index in [1.165, 1.54) is 5.56 Å². The lowest BCUT2D eigenvalue weighted by Gasteiger charge is -2.27. The maximum atomic E-state index is 13.1. The number of ether oxygens (including phenoxy) is 1. The minimum Gasteiger partial charge on any atom is -0.494 e. The largest absolute Gasteiger partial charge is 0.494 e. The molecule has 1 fully saturated rings. The van der Waals surface area contributed by atoms with E-state index in [-0.39, 0.29) is 30.7 Å². The summed E-state index contributed by atoms with van der Waals surface area (Å²) in [5, 5.41) is 6.47. The van der Waals surface area contributed by atoms with Gasteiger partial charge in [-0.05, 0) is 48.6 Å². The number of hydrogen-bond acceptors (Lipinski definition) is 5. The molecule has 5 nitrogen and oxygen atoms in total. The molecule has 34 heavy (non-hydrogen) atoms. The van der Waals surface area contributed by atoms with E-state index in [9.17, 15) is 4.79 Å². The van der Waals surface area contributed by atoms with Crippen molar-refractivity contribution in [3.05, 3.63) is 95.8 Å². The second-order valence-corrected chi connectivity index (χ2v) is 9.13. The van der Waals surface area contributed by atoms with Crippen LogP contribution in [0.5, 0.6) is 5.75 Å². The van der Waals surface area contributed by atoms with Crippen LogP contribution in [-0.4, -0.2) is 29.8 Å². The van der Waals surface area contributed by atoms with E-state index in [0.29, 0.717) is 13.2 Å². The number of aryl methyl sites for hydroxylation is 1. The fourth-order valence-electron chi connectivity index (χ4n) is 3.83. The van der Waals surface area contributed by atoms with Crippen LogP contribution in [0.1, 0.15) is 29.5 Å². The van der Waals surface area contributed by atoms with Crippen LogP contribution in [0, 0.1) is 0 Å². The number of nitrogens with one attached hydrogen (secondary N) is 2. The average Bonchev–Trinajstić information content (AvgIpc) is 3.35. The third kappa shape index (κ3) is 7.37. The highest BCUT2D eigenvalue weighted by molar-refractivity contribution is 8.01. The van der Waals surface area contributed by atoms with Crippen molar-refractivity contribution in [1.29, 1.82) is 0 Å². The number of carbonyl (C=O) groups excluding carboxylic acids is 1. The van der Waals surface area contributed by atoms with Crippen LogP contribution >= 0.6 is 36.6 Å². The third-order valence-corrected chi connectivity index (χ3v) is 6.91. The van der Waals surface area contributed by atoms with Crippen LogP contribution < -0.4 is 15.4 Å². The number of unbranched alkanes of at least 4 members (excludes halogenated alkanes) is 1. The maximum Gasteiger partial charge on any atom is 0.255 e. The predicted octanol–water partition coefficient (Wildman–Crippen LogP) is 5.13. The van der Waals surface area contributed by atoms with Crippen molar-refractivity contribution in [2.45, 2.75) is 30.7 Å². The van der Waals surface area contributed by atoms with E-state index < -0.39 is 4.87 Å². The molecule has 1 aromatic heterocycles. The van der Waals surface area contributed by atoms with Crippen molar-refractivity contribution < 1.29 is 9.53 Å². The number of pyridine rings is 1. The van der Waals surface area contributed by atoms with E-state index in [0.717, 1.165) is 48.4 Å². The number of aromatic nitrogens is 1. The number of hydrogen-bond donors (Lipinski definition) is 2. The van der Waals surface area contributed by atoms with Crippen LogP contribution in [0.25, 0.3) is 0 Å². The number of benzene rings is 2. The van der Waals surface area contributed by atoms with Crippen molar-refractivity contribution >= 4 is 42.5 Å². The van der Waals surface area contributed by atoms with Gasteiger partial charge in [-0.2, -0.15) is 0 Å². The maximum absolute atomic E-state index is 13.1. The molecule has 1 aliphatic heterocycles. The van der Waals surface area contributed by atoms with Crippen molar-refractivity contribution in [3.8, 4) is 5.75 Å². The lowest BCUT2D eigenvalue weighted by molar-refractivity contribution is -0.124. The van der Waals surface area contributed by atoms with Gasteiger partial charge >= 0.3 is 0 Å². The van der Waals surface area contributed by atoms with Gasteiger partial charge < -0.3 is 10.1 Å². The molecule has 8 heteroatoms. The Balaban J connectivity index is 0.00000204. The van der Waals surface area contributed by atoms with Gasteiger partial charge in [0.25, 0.3) is 5.91 Å². The molecule has 1 unspecified atom stereocenters. The lowest BCUT2D eigenvalue weighted by Crippen LogP contribution is -2.48. The Morgan fingerprint density at radius 1 is 1.03 bits per heavy atom. The molecule has 1 amide bonds. The van der Waals surface area contributed by atoms with Crippen molar-refractivity contribution in [2.75, 3.05) is 18.9 Å². The molecule has 1 atom stereocenters. The van der Waals surface area contributed by atoms with Gasteiger partial charge in [-0.25, -0.2) is 0 Å². The summed E-state index contributed by atoms with van der Waals surface area (Å²) in [6.45, 7) is 1.93. The Morgan fingerprint density at radius 3 is 2.59 bits per heavy atom. The normalized spacial score (nSPS) is 16.7. The molecule has 4 rings (SSSR count). The Kier molecular flexibility index (Phi) is 11.7. The van der Waals surface area contributed by atoms with E-state index in [2.05, 4.69) is 39.9 Å². The highest BCUT2D eigenvalue weighted by Crippen LogP contribution is 2.37. The Hall–Kier alpha value is -2.25. The predicted molar refractivity (Wildman–Crippen MR) is 144 cm³/mol. The molecular formula is C26H31Cl2N3O2S. The zero-order chi connectivity index (χ0) is 22.1. The van der Waals surface area contributed by atoms with Gasteiger partial charge in [-0.15, -0.1) is 36.6 Å². The fraction of sp³-hybridized carbons (Fsp3) is 0.308. The van der Waals surface area contributed by atoms with E-state index in [4.69, 9.17) is 4.74 Å². The van der Waals surface area contributed by atoms with Gasteiger partial charge in [0, 0.05) is 36.8 Å². The molecule has 2 N–H and O–H groups in total. The summed E-state index contributed by atoms with van der Waals surface area (Å²) in [4.78, 5) is 16.6. The first-order chi connectivity index (χ1) is 15.8. The molecule has 2 aromatic carbocycles. The van der Waals surface area contributed by atoms with Crippen LogP contribution in [0.2, 0.25) is 0 Å².